The molecule has 264 valence electrons. The highest BCUT2D eigenvalue weighted by molar-refractivity contribution is 8.00. The summed E-state index contributed by atoms with van der Waals surface area (Å²) >= 11 is 1.86. The molecule has 0 radical (unpaired) electrons. The predicted octanol–water partition coefficient (Wildman–Crippen LogP) is 15.0. The molecule has 1 aromatic heterocycles. The van der Waals surface area contributed by atoms with Crippen molar-refractivity contribution in [3.05, 3.63) is 212 Å². The van der Waals surface area contributed by atoms with E-state index in [4.69, 9.17) is 0 Å². The molecule has 0 fully saturated rings. The van der Waals surface area contributed by atoms with Crippen molar-refractivity contribution in [2.45, 2.75) is 9.79 Å². The van der Waals surface area contributed by atoms with Gasteiger partial charge in [-0.15, -0.1) is 0 Å². The predicted molar refractivity (Wildman–Crippen MR) is 237 cm³/mol. The van der Waals surface area contributed by atoms with Crippen molar-refractivity contribution in [1.82, 2.24) is 4.57 Å². The van der Waals surface area contributed by atoms with E-state index in [0.717, 1.165) is 39.8 Å². The molecule has 0 saturated carbocycles. The molecule has 56 heavy (non-hydrogen) atoms. The summed E-state index contributed by atoms with van der Waals surface area (Å²) in [6.07, 6.45) is 0. The third kappa shape index (κ3) is 5.30. The number of benzene rings is 9. The van der Waals surface area contributed by atoms with Gasteiger partial charge in [0.2, 0.25) is 0 Å². The van der Waals surface area contributed by atoms with Crippen molar-refractivity contribution in [2.24, 2.45) is 0 Å². The van der Waals surface area contributed by atoms with Crippen molar-refractivity contribution in [3.8, 4) is 16.8 Å². The maximum Gasteiger partial charge on any atom is 0.137 e. The summed E-state index contributed by atoms with van der Waals surface area (Å²) in [5, 5.41) is 6.13. The van der Waals surface area contributed by atoms with Crippen LogP contribution in [0, 0.1) is 0 Å². The number of nitrogens with zero attached hydrogens (tertiary/aromatic N) is 3. The van der Waals surface area contributed by atoms with Crippen LogP contribution < -0.4 is 9.80 Å². The van der Waals surface area contributed by atoms with Crippen molar-refractivity contribution in [1.29, 1.82) is 0 Å². The Bertz CT molecular complexity index is 3050. The molecule has 10 aromatic rings. The van der Waals surface area contributed by atoms with Crippen LogP contribution in [0.15, 0.2) is 222 Å². The number of aromatic nitrogens is 1. The van der Waals surface area contributed by atoms with Gasteiger partial charge in [-0.05, 0) is 100 Å². The first kappa shape index (κ1) is 32.4. The third-order valence-electron chi connectivity index (χ3n) is 10.9. The first-order valence-electron chi connectivity index (χ1n) is 19.0. The fourth-order valence-electron chi connectivity index (χ4n) is 8.39. The van der Waals surface area contributed by atoms with Crippen LogP contribution in [-0.2, 0) is 0 Å². The molecule has 0 saturated heterocycles. The highest BCUT2D eigenvalue weighted by Gasteiger charge is 2.32. The van der Waals surface area contributed by atoms with Crippen molar-refractivity contribution in [2.75, 3.05) is 9.80 Å². The fraction of sp³-hybridized carbons (Fsp3) is 0. The molecule has 0 aliphatic carbocycles. The van der Waals surface area contributed by atoms with Crippen LogP contribution in [0.5, 0.6) is 0 Å². The molecule has 11 rings (SSSR count). The minimum Gasteiger partial charge on any atom is -0.310 e. The van der Waals surface area contributed by atoms with Gasteiger partial charge in [-0.25, -0.2) is 0 Å². The number of rotatable bonds is 6. The van der Waals surface area contributed by atoms with Gasteiger partial charge in [-0.3, -0.25) is 9.47 Å². The van der Waals surface area contributed by atoms with Crippen LogP contribution in [0.1, 0.15) is 0 Å². The van der Waals surface area contributed by atoms with Crippen LogP contribution in [0.4, 0.5) is 34.3 Å². The van der Waals surface area contributed by atoms with Gasteiger partial charge >= 0.3 is 0 Å². The maximum atomic E-state index is 2.45. The molecule has 2 heterocycles. The van der Waals surface area contributed by atoms with Gasteiger partial charge in [0.25, 0.3) is 0 Å². The van der Waals surface area contributed by atoms with E-state index >= 15 is 0 Å². The van der Waals surface area contributed by atoms with Gasteiger partial charge in [0.1, 0.15) is 5.82 Å². The van der Waals surface area contributed by atoms with Crippen LogP contribution in [0.25, 0.3) is 49.3 Å². The molecule has 1 aliphatic rings. The molecule has 0 bridgehead atoms. The lowest BCUT2D eigenvalue weighted by atomic mass is 9.98. The van der Waals surface area contributed by atoms with E-state index in [1.165, 1.54) is 53.5 Å². The normalized spacial score (nSPS) is 12.2. The fourth-order valence-corrected chi connectivity index (χ4v) is 9.57. The van der Waals surface area contributed by atoms with Crippen molar-refractivity contribution >= 4 is 78.5 Å². The average molecular weight is 734 g/mol. The second kappa shape index (κ2) is 13.4. The Morgan fingerprint density at radius 3 is 1.77 bits per heavy atom. The summed E-state index contributed by atoms with van der Waals surface area (Å²) in [5.74, 6) is 1.15. The number of hydrogen-bond acceptors (Lipinski definition) is 3. The maximum absolute atomic E-state index is 2.45. The zero-order chi connectivity index (χ0) is 37.0. The van der Waals surface area contributed by atoms with Crippen LogP contribution in [0.2, 0.25) is 0 Å². The summed E-state index contributed by atoms with van der Waals surface area (Å²) in [6.45, 7) is 0. The minimum absolute atomic E-state index is 1.10. The quantitative estimate of drug-likeness (QED) is 0.158. The molecule has 1 aliphatic heterocycles. The van der Waals surface area contributed by atoms with E-state index in [1.807, 2.05) is 11.8 Å². The van der Waals surface area contributed by atoms with E-state index < -0.39 is 0 Å². The van der Waals surface area contributed by atoms with Gasteiger partial charge < -0.3 is 4.90 Å². The van der Waals surface area contributed by atoms with Crippen molar-refractivity contribution < 1.29 is 0 Å². The molecule has 0 N–H and O–H groups in total. The highest BCUT2D eigenvalue weighted by atomic mass is 32.2. The van der Waals surface area contributed by atoms with Gasteiger partial charge in [0.15, 0.2) is 0 Å². The summed E-state index contributed by atoms with van der Waals surface area (Å²) in [5.41, 5.74) is 10.3. The number of hydrogen-bond donors (Lipinski definition) is 0. The topological polar surface area (TPSA) is 11.4 Å². The summed E-state index contributed by atoms with van der Waals surface area (Å²) in [6, 6.07) is 76.9. The SMILES string of the molecule is c1ccc(-c2ccc(N(c3ccc4c(c3)c3c(n4-c4ccccc4)N(c4ccccc4)c4ccccc4S3)c3cc4ccccc4c4ccccc34)cc2)cc1. The Morgan fingerprint density at radius 2 is 1.00 bits per heavy atom. The van der Waals surface area contributed by atoms with Crippen LogP contribution >= 0.6 is 11.8 Å². The van der Waals surface area contributed by atoms with Gasteiger partial charge in [0.05, 0.1) is 21.8 Å². The lowest BCUT2D eigenvalue weighted by molar-refractivity contribution is 1.03. The monoisotopic (exact) mass is 733 g/mol. The van der Waals surface area contributed by atoms with Gasteiger partial charge in [-0.1, -0.05) is 151 Å². The Labute approximate surface area is 330 Å². The summed E-state index contributed by atoms with van der Waals surface area (Å²) in [7, 11) is 0. The van der Waals surface area contributed by atoms with E-state index in [0.29, 0.717) is 0 Å². The number of para-hydroxylation sites is 3. The van der Waals surface area contributed by atoms with E-state index in [1.54, 1.807) is 0 Å². The first-order chi connectivity index (χ1) is 27.8. The second-order valence-corrected chi connectivity index (χ2v) is 15.2. The van der Waals surface area contributed by atoms with Gasteiger partial charge in [0, 0.05) is 38.4 Å². The third-order valence-corrected chi connectivity index (χ3v) is 12.1. The minimum atomic E-state index is 1.10. The molecule has 0 spiro atoms. The van der Waals surface area contributed by atoms with Crippen LogP contribution in [-0.4, -0.2) is 4.57 Å². The Kier molecular flexibility index (Phi) is 7.75. The Morgan fingerprint density at radius 1 is 0.411 bits per heavy atom. The van der Waals surface area contributed by atoms with E-state index in [-0.39, 0.29) is 0 Å². The van der Waals surface area contributed by atoms with Crippen LogP contribution in [0.3, 0.4) is 0 Å². The molecule has 0 atom stereocenters. The average Bonchev–Trinajstić information content (AvgIpc) is 3.60. The molecular weight excluding hydrogens is 699 g/mol. The van der Waals surface area contributed by atoms with E-state index in [9.17, 15) is 0 Å². The zero-order valence-electron chi connectivity index (χ0n) is 30.5. The standard InChI is InChI=1S/C52H35N3S/c1-4-16-36(17-5-1)37-28-30-41(31-29-37)53(49-34-38-18-10-11-23-43(38)44-24-12-13-25-45(44)49)42-32-33-47-46(35-42)51-52(54(47)39-19-6-2-7-20-39)55(40-21-8-3-9-22-40)48-26-14-15-27-50(48)56-51/h1-35H. The number of fused-ring (bicyclic) bond motifs is 7. The lowest BCUT2D eigenvalue weighted by Crippen LogP contribution is -2.17. The zero-order valence-corrected chi connectivity index (χ0v) is 31.3. The highest BCUT2D eigenvalue weighted by Crippen LogP contribution is 2.56. The molecule has 4 heteroatoms. The van der Waals surface area contributed by atoms with Crippen molar-refractivity contribution in [3.63, 3.8) is 0 Å². The molecular formula is C52H35N3S. The Balaban J connectivity index is 1.19. The lowest BCUT2D eigenvalue weighted by Gasteiger charge is -2.32. The molecule has 3 nitrogen and oxygen atoms in total. The van der Waals surface area contributed by atoms with E-state index in [2.05, 4.69) is 227 Å². The summed E-state index contributed by atoms with van der Waals surface area (Å²) in [4.78, 5) is 7.35. The number of anilines is 6. The molecule has 0 amide bonds. The largest absolute Gasteiger partial charge is 0.310 e. The Hall–Kier alpha value is -7.01. The first-order valence-corrected chi connectivity index (χ1v) is 19.8. The summed E-state index contributed by atoms with van der Waals surface area (Å²) < 4.78 is 2.44. The molecule has 9 aromatic carbocycles. The second-order valence-electron chi connectivity index (χ2n) is 14.2. The van der Waals surface area contributed by atoms with Gasteiger partial charge in [-0.2, -0.15) is 0 Å². The molecule has 0 unspecified atom stereocenters. The smallest absolute Gasteiger partial charge is 0.137 e.